The highest BCUT2D eigenvalue weighted by Crippen LogP contribution is 2.38. The lowest BCUT2D eigenvalue weighted by Gasteiger charge is -2.32. The molecule has 0 radical (unpaired) electrons. The second-order valence-corrected chi connectivity index (χ2v) is 9.89. The Hall–Kier alpha value is -3.98. The maximum absolute atomic E-state index is 14.0. The van der Waals surface area contributed by atoms with Gasteiger partial charge in [0.05, 0.1) is 16.5 Å². The lowest BCUT2D eigenvalue weighted by molar-refractivity contribution is -0.384. The highest BCUT2D eigenvalue weighted by molar-refractivity contribution is 5.92. The Labute approximate surface area is 229 Å². The van der Waals surface area contributed by atoms with E-state index in [1.54, 1.807) is 24.5 Å². The number of benzene rings is 2. The molecular formula is C30H37N5O4. The normalized spacial score (nSPS) is 15.5. The van der Waals surface area contributed by atoms with E-state index in [0.29, 0.717) is 29.3 Å². The van der Waals surface area contributed by atoms with Gasteiger partial charge in [-0.25, -0.2) is 9.78 Å². The van der Waals surface area contributed by atoms with Crippen LogP contribution in [0.4, 0.5) is 11.6 Å². The van der Waals surface area contributed by atoms with Crippen LogP contribution >= 0.6 is 0 Å². The summed E-state index contributed by atoms with van der Waals surface area (Å²) in [5.74, 6) is 0.0983. The molecule has 0 saturated heterocycles. The molecule has 206 valence electrons. The summed E-state index contributed by atoms with van der Waals surface area (Å²) >= 11 is 0. The summed E-state index contributed by atoms with van der Waals surface area (Å²) in [5, 5.41) is 14.7. The zero-order valence-corrected chi connectivity index (χ0v) is 22.9. The van der Waals surface area contributed by atoms with Gasteiger partial charge >= 0.3 is 5.97 Å². The standard InChI is InChI=1S/C30H37N5O4/c1-4-6-17-33(18-7-5-2)21-26(23-12-9-8-10-13-23)39-29(36)27-22(3)32-30-31-16-19-34(30)28(27)24-14-11-15-25(20-24)35(37)38/h8-16,19-20,26,28H,4-7,17-18,21H2,1-3H3,(H,31,32). The van der Waals surface area contributed by atoms with Gasteiger partial charge in [-0.3, -0.25) is 15.0 Å². The van der Waals surface area contributed by atoms with Crippen molar-refractivity contribution in [2.75, 3.05) is 25.0 Å². The van der Waals surface area contributed by atoms with Gasteiger partial charge in [-0.2, -0.15) is 0 Å². The Morgan fingerprint density at radius 3 is 2.51 bits per heavy atom. The van der Waals surface area contributed by atoms with Gasteiger partial charge in [-0.05, 0) is 44.0 Å². The first-order valence-electron chi connectivity index (χ1n) is 13.7. The maximum Gasteiger partial charge on any atom is 0.338 e. The van der Waals surface area contributed by atoms with E-state index in [2.05, 4.69) is 29.0 Å². The molecule has 3 aromatic rings. The number of unbranched alkanes of at least 4 members (excludes halogenated alkanes) is 2. The molecule has 1 aromatic heterocycles. The van der Waals surface area contributed by atoms with Crippen molar-refractivity contribution in [3.8, 4) is 0 Å². The van der Waals surface area contributed by atoms with Gasteiger partial charge in [0, 0.05) is 36.8 Å². The van der Waals surface area contributed by atoms with E-state index in [1.165, 1.54) is 12.1 Å². The minimum Gasteiger partial charge on any atom is -0.453 e. The predicted octanol–water partition coefficient (Wildman–Crippen LogP) is 6.27. The van der Waals surface area contributed by atoms with Crippen LogP contribution in [0.25, 0.3) is 0 Å². The first kappa shape index (κ1) is 28.0. The Bertz CT molecular complexity index is 1300. The molecule has 2 unspecified atom stereocenters. The number of carbonyl (C=O) groups is 1. The molecule has 9 nitrogen and oxygen atoms in total. The minimum atomic E-state index is -0.621. The molecule has 0 spiro atoms. The first-order chi connectivity index (χ1) is 18.9. The smallest absolute Gasteiger partial charge is 0.338 e. The number of nitrogens with zero attached hydrogens (tertiary/aromatic N) is 4. The van der Waals surface area contributed by atoms with Crippen molar-refractivity contribution < 1.29 is 14.5 Å². The summed E-state index contributed by atoms with van der Waals surface area (Å²) in [6.45, 7) is 8.64. The van der Waals surface area contributed by atoms with Crippen molar-refractivity contribution in [3.63, 3.8) is 0 Å². The van der Waals surface area contributed by atoms with E-state index < -0.39 is 23.0 Å². The molecule has 0 bridgehead atoms. The van der Waals surface area contributed by atoms with Crippen molar-refractivity contribution >= 4 is 17.6 Å². The number of anilines is 1. The lowest BCUT2D eigenvalue weighted by atomic mass is 9.95. The van der Waals surface area contributed by atoms with E-state index in [4.69, 9.17) is 4.74 Å². The van der Waals surface area contributed by atoms with Gasteiger partial charge in [0.2, 0.25) is 5.95 Å². The Balaban J connectivity index is 1.68. The number of nitrogens with one attached hydrogen (secondary N) is 1. The van der Waals surface area contributed by atoms with Crippen molar-refractivity contribution in [2.45, 2.75) is 58.6 Å². The van der Waals surface area contributed by atoms with Gasteiger partial charge in [0.1, 0.15) is 6.10 Å². The largest absolute Gasteiger partial charge is 0.453 e. The summed E-state index contributed by atoms with van der Waals surface area (Å²) in [6.07, 6.45) is 7.26. The molecule has 0 amide bonds. The van der Waals surface area contributed by atoms with Crippen LogP contribution in [0, 0.1) is 10.1 Å². The topological polar surface area (TPSA) is 103 Å². The van der Waals surface area contributed by atoms with Crippen LogP contribution in [-0.4, -0.2) is 45.0 Å². The Kier molecular flexibility index (Phi) is 9.49. The number of carbonyl (C=O) groups excluding carboxylic acids is 1. The summed E-state index contributed by atoms with van der Waals surface area (Å²) in [6, 6.07) is 15.6. The van der Waals surface area contributed by atoms with Crippen LogP contribution in [0.15, 0.2) is 78.3 Å². The third-order valence-electron chi connectivity index (χ3n) is 7.04. The van der Waals surface area contributed by atoms with Crippen molar-refractivity contribution in [2.24, 2.45) is 0 Å². The first-order valence-corrected chi connectivity index (χ1v) is 13.7. The highest BCUT2D eigenvalue weighted by Gasteiger charge is 2.35. The zero-order chi connectivity index (χ0) is 27.8. The van der Waals surface area contributed by atoms with Crippen LogP contribution in [0.5, 0.6) is 0 Å². The number of aromatic nitrogens is 2. The van der Waals surface area contributed by atoms with E-state index in [0.717, 1.165) is 44.3 Å². The molecule has 39 heavy (non-hydrogen) atoms. The quantitative estimate of drug-likeness (QED) is 0.158. The Morgan fingerprint density at radius 1 is 1.13 bits per heavy atom. The average Bonchev–Trinajstić information content (AvgIpc) is 3.41. The fraction of sp³-hybridized carbons (Fsp3) is 0.400. The molecule has 0 saturated carbocycles. The van der Waals surface area contributed by atoms with Gasteiger partial charge in [-0.15, -0.1) is 0 Å². The van der Waals surface area contributed by atoms with E-state index in [9.17, 15) is 14.9 Å². The number of ether oxygens (including phenoxy) is 1. The fourth-order valence-corrected chi connectivity index (χ4v) is 4.96. The number of imidazole rings is 1. The number of esters is 1. The number of non-ortho nitro benzene ring substituents is 1. The van der Waals surface area contributed by atoms with Crippen LogP contribution in [-0.2, 0) is 9.53 Å². The molecular weight excluding hydrogens is 494 g/mol. The fourth-order valence-electron chi connectivity index (χ4n) is 4.96. The molecule has 0 aliphatic carbocycles. The van der Waals surface area contributed by atoms with Crippen LogP contribution in [0.3, 0.4) is 0 Å². The van der Waals surface area contributed by atoms with Gasteiger partial charge in [0.25, 0.3) is 5.69 Å². The highest BCUT2D eigenvalue weighted by atomic mass is 16.6. The molecule has 4 rings (SSSR count). The molecule has 2 aromatic carbocycles. The van der Waals surface area contributed by atoms with Crippen molar-refractivity contribution in [3.05, 3.63) is 99.5 Å². The van der Waals surface area contributed by atoms with Gasteiger partial charge in [0.15, 0.2) is 0 Å². The molecule has 2 heterocycles. The minimum absolute atomic E-state index is 0.0391. The van der Waals surface area contributed by atoms with Gasteiger partial charge in [-0.1, -0.05) is 69.2 Å². The number of allylic oxidation sites excluding steroid dienone is 1. The monoisotopic (exact) mass is 531 g/mol. The number of nitro groups is 1. The second-order valence-electron chi connectivity index (χ2n) is 9.89. The SMILES string of the molecule is CCCCN(CCCC)CC(OC(=O)C1=C(C)Nc2nccn2C1c1cccc([N+](=O)[O-])c1)c1ccccc1. The molecule has 1 aliphatic rings. The number of hydrogen-bond donors (Lipinski definition) is 1. The van der Waals surface area contributed by atoms with E-state index >= 15 is 0 Å². The lowest BCUT2D eigenvalue weighted by Crippen LogP contribution is -2.34. The third kappa shape index (κ3) is 6.72. The molecule has 2 atom stereocenters. The number of rotatable bonds is 13. The summed E-state index contributed by atoms with van der Waals surface area (Å²) in [4.78, 5) is 31.9. The summed E-state index contributed by atoms with van der Waals surface area (Å²) < 4.78 is 8.13. The second kappa shape index (κ2) is 13.2. The zero-order valence-electron chi connectivity index (χ0n) is 22.9. The van der Waals surface area contributed by atoms with E-state index in [-0.39, 0.29) is 5.69 Å². The Morgan fingerprint density at radius 2 is 1.85 bits per heavy atom. The summed E-state index contributed by atoms with van der Waals surface area (Å²) in [5.41, 5.74) is 2.51. The number of fused-ring (bicyclic) bond motifs is 1. The molecule has 1 aliphatic heterocycles. The van der Waals surface area contributed by atoms with Crippen LogP contribution < -0.4 is 5.32 Å². The molecule has 1 N–H and O–H groups in total. The summed E-state index contributed by atoms with van der Waals surface area (Å²) in [7, 11) is 0. The van der Waals surface area contributed by atoms with E-state index in [1.807, 2.05) is 41.8 Å². The van der Waals surface area contributed by atoms with Gasteiger partial charge < -0.3 is 14.6 Å². The third-order valence-corrected chi connectivity index (χ3v) is 7.04. The number of hydrogen-bond acceptors (Lipinski definition) is 7. The molecule has 0 fully saturated rings. The average molecular weight is 532 g/mol. The number of nitro benzene ring substituents is 1. The maximum atomic E-state index is 14.0. The van der Waals surface area contributed by atoms with Crippen molar-refractivity contribution in [1.82, 2.24) is 14.5 Å². The van der Waals surface area contributed by atoms with Crippen molar-refractivity contribution in [1.29, 1.82) is 0 Å². The van der Waals surface area contributed by atoms with Crippen LogP contribution in [0.2, 0.25) is 0 Å². The predicted molar refractivity (Wildman–Crippen MR) is 151 cm³/mol. The van der Waals surface area contributed by atoms with Crippen LogP contribution in [0.1, 0.15) is 69.7 Å². The molecule has 9 heteroatoms.